The molecular weight excluding hydrogens is 676 g/mol. The molecule has 0 bridgehead atoms. The Morgan fingerprint density at radius 3 is 2.11 bits per heavy atom. The lowest BCUT2D eigenvalue weighted by Gasteiger charge is -2.30. The maximum absolute atomic E-state index is 13.9. The van der Waals surface area contributed by atoms with E-state index in [9.17, 15) is 24.9 Å². The van der Waals surface area contributed by atoms with E-state index in [0.29, 0.717) is 48.4 Å². The molecule has 15 heteroatoms. The molecule has 278 valence electrons. The molecule has 15 nitrogen and oxygen atoms in total. The number of amides is 3. The Hall–Kier alpha value is -5.38. The third kappa shape index (κ3) is 7.72. The summed E-state index contributed by atoms with van der Waals surface area (Å²) in [5, 5.41) is 45.9. The maximum atomic E-state index is 13.9. The molecule has 3 heterocycles. The smallest absolute Gasteiger partial charge is 0.317 e. The third-order valence-electron chi connectivity index (χ3n) is 10.5. The average molecular weight is 723 g/mol. The number of fused-ring (bicyclic) bond motifs is 1. The Morgan fingerprint density at radius 1 is 0.887 bits per heavy atom. The van der Waals surface area contributed by atoms with E-state index in [1.54, 1.807) is 35.9 Å². The van der Waals surface area contributed by atoms with Crippen LogP contribution in [0.2, 0.25) is 0 Å². The first-order chi connectivity index (χ1) is 25.7. The molecule has 4 atom stereocenters. The Balaban J connectivity index is 1.18. The first kappa shape index (κ1) is 36.0. The highest BCUT2D eigenvalue weighted by Gasteiger charge is 2.44. The zero-order valence-corrected chi connectivity index (χ0v) is 29.8. The van der Waals surface area contributed by atoms with Gasteiger partial charge in [0.25, 0.3) is 5.91 Å². The number of rotatable bonds is 11. The molecule has 3 amide bonds. The van der Waals surface area contributed by atoms with Crippen LogP contribution in [0.1, 0.15) is 77.4 Å². The van der Waals surface area contributed by atoms with Crippen LogP contribution >= 0.6 is 0 Å². The molecule has 0 saturated heterocycles. The summed E-state index contributed by atoms with van der Waals surface area (Å²) in [5.74, 6) is -0.167. The Morgan fingerprint density at radius 2 is 1.51 bits per heavy atom. The zero-order chi connectivity index (χ0) is 37.1. The van der Waals surface area contributed by atoms with Crippen molar-refractivity contribution in [3.05, 3.63) is 102 Å². The number of aliphatic hydroxyl groups is 3. The van der Waals surface area contributed by atoms with Gasteiger partial charge in [-0.15, -0.1) is 0 Å². The van der Waals surface area contributed by atoms with E-state index in [0.717, 1.165) is 24.0 Å². The third-order valence-corrected chi connectivity index (χ3v) is 10.5. The van der Waals surface area contributed by atoms with E-state index in [2.05, 4.69) is 50.3 Å². The van der Waals surface area contributed by atoms with Crippen LogP contribution in [-0.2, 0) is 6.61 Å². The second kappa shape index (κ2) is 15.7. The largest absolute Gasteiger partial charge is 0.392 e. The molecule has 2 aromatic carbocycles. The molecule has 0 spiro atoms. The van der Waals surface area contributed by atoms with Gasteiger partial charge in [0.1, 0.15) is 17.7 Å². The molecule has 2 unspecified atom stereocenters. The van der Waals surface area contributed by atoms with Gasteiger partial charge in [0, 0.05) is 50.4 Å². The van der Waals surface area contributed by atoms with Crippen molar-refractivity contribution < 1.29 is 24.9 Å². The van der Waals surface area contributed by atoms with Crippen molar-refractivity contribution in [1.82, 2.24) is 44.8 Å². The summed E-state index contributed by atoms with van der Waals surface area (Å²) >= 11 is 0. The van der Waals surface area contributed by atoms with Crippen LogP contribution in [-0.4, -0.2) is 106 Å². The summed E-state index contributed by atoms with van der Waals surface area (Å²) in [4.78, 5) is 41.7. The molecular formula is C38H46N10O5. The summed E-state index contributed by atoms with van der Waals surface area (Å²) in [7, 11) is 3.41. The van der Waals surface area contributed by atoms with Crippen LogP contribution in [0.25, 0.3) is 11.2 Å². The van der Waals surface area contributed by atoms with E-state index in [-0.39, 0.29) is 36.5 Å². The monoisotopic (exact) mass is 722 g/mol. The van der Waals surface area contributed by atoms with Gasteiger partial charge in [0.15, 0.2) is 11.5 Å². The minimum absolute atomic E-state index is 0.0342. The average Bonchev–Trinajstić information content (AvgIpc) is 3.91. The molecule has 2 fully saturated rings. The number of carbonyl (C=O) groups excluding carboxylic acids is 2. The standard InChI is InChI=1S/C38H46N10O5/c1-46(2)38(53)43-27-15-13-26(14-16-27)42-37(52)35-44-34(39-19-28(24-9-5-3-6-10-24)25-11-7-4-8-12-25)31-36(45-35)47(22-40-31)29-17-30(33(51)32(29)50)48-20-23(21-49)18-41-48/h3-12,18,20,22,26-30,32-33,49-51H,13-17,19,21H2,1-2H3,(H,42,52)(H,43,53)(H,39,44,45)/t26?,27?,29-,30+,32?,33?/m1/s1. The fourth-order valence-electron chi connectivity index (χ4n) is 7.48. The highest BCUT2D eigenvalue weighted by molar-refractivity contribution is 5.94. The van der Waals surface area contributed by atoms with Crippen LogP contribution in [0, 0.1) is 0 Å². The zero-order valence-electron chi connectivity index (χ0n) is 29.8. The van der Waals surface area contributed by atoms with E-state index < -0.39 is 30.2 Å². The molecule has 2 aliphatic carbocycles. The molecule has 7 rings (SSSR count). The van der Waals surface area contributed by atoms with Crippen LogP contribution < -0.4 is 16.0 Å². The fraction of sp³-hybridized carbons (Fsp3) is 0.421. The van der Waals surface area contributed by atoms with Crippen molar-refractivity contribution in [2.45, 2.75) is 81.0 Å². The van der Waals surface area contributed by atoms with Gasteiger partial charge >= 0.3 is 6.03 Å². The SMILES string of the molecule is CN(C)C(=O)NC1CCC(NC(=O)c2nc(NCC(c3ccccc3)c3ccccc3)c3ncn([C@@H]4C[C@H](n5cc(CO)cn5)C(O)C4O)c3n2)CC1. The minimum Gasteiger partial charge on any atom is -0.392 e. The first-order valence-corrected chi connectivity index (χ1v) is 18.1. The van der Waals surface area contributed by atoms with Crippen molar-refractivity contribution in [2.24, 2.45) is 0 Å². The molecule has 6 N–H and O–H groups in total. The van der Waals surface area contributed by atoms with Gasteiger partial charge in [0.2, 0.25) is 5.82 Å². The van der Waals surface area contributed by atoms with Gasteiger partial charge in [-0.1, -0.05) is 60.7 Å². The Bertz CT molecular complexity index is 1970. The number of carbonyl (C=O) groups is 2. The molecule has 0 radical (unpaired) electrons. The number of benzene rings is 2. The molecule has 3 aromatic heterocycles. The van der Waals surface area contributed by atoms with E-state index in [1.807, 2.05) is 36.4 Å². The number of nitrogens with one attached hydrogen (secondary N) is 3. The summed E-state index contributed by atoms with van der Waals surface area (Å²) in [6.45, 7) is 0.248. The number of hydrogen-bond donors (Lipinski definition) is 6. The van der Waals surface area contributed by atoms with Crippen molar-refractivity contribution in [1.29, 1.82) is 0 Å². The predicted octanol–water partition coefficient (Wildman–Crippen LogP) is 2.98. The van der Waals surface area contributed by atoms with Gasteiger partial charge in [-0.25, -0.2) is 19.7 Å². The highest BCUT2D eigenvalue weighted by Crippen LogP contribution is 2.40. The molecule has 0 aliphatic heterocycles. The van der Waals surface area contributed by atoms with Crippen molar-refractivity contribution in [2.75, 3.05) is 26.0 Å². The summed E-state index contributed by atoms with van der Waals surface area (Å²) in [6.07, 6.45) is 5.52. The summed E-state index contributed by atoms with van der Waals surface area (Å²) < 4.78 is 3.27. The van der Waals surface area contributed by atoms with Crippen LogP contribution in [0.4, 0.5) is 10.6 Å². The van der Waals surface area contributed by atoms with E-state index in [4.69, 9.17) is 9.97 Å². The molecule has 53 heavy (non-hydrogen) atoms. The second-order valence-electron chi connectivity index (χ2n) is 14.2. The predicted molar refractivity (Wildman–Crippen MR) is 197 cm³/mol. The number of nitrogens with zero attached hydrogens (tertiary/aromatic N) is 7. The number of hydrogen-bond acceptors (Lipinski definition) is 10. The number of imidazole rings is 1. The Labute approximate surface area is 307 Å². The lowest BCUT2D eigenvalue weighted by Crippen LogP contribution is -2.46. The summed E-state index contributed by atoms with van der Waals surface area (Å²) in [5.41, 5.74) is 3.57. The van der Waals surface area contributed by atoms with Gasteiger partial charge in [0.05, 0.1) is 31.2 Å². The number of anilines is 1. The topological polar surface area (TPSA) is 196 Å². The van der Waals surface area contributed by atoms with Crippen molar-refractivity contribution in [3.63, 3.8) is 0 Å². The van der Waals surface area contributed by atoms with Crippen molar-refractivity contribution in [3.8, 4) is 0 Å². The first-order valence-electron chi connectivity index (χ1n) is 18.1. The molecule has 2 saturated carbocycles. The summed E-state index contributed by atoms with van der Waals surface area (Å²) in [6, 6.07) is 18.9. The highest BCUT2D eigenvalue weighted by atomic mass is 16.3. The van der Waals surface area contributed by atoms with Gasteiger partial charge in [-0.2, -0.15) is 5.10 Å². The van der Waals surface area contributed by atoms with Crippen LogP contribution in [0.5, 0.6) is 0 Å². The number of urea groups is 1. The Kier molecular flexibility index (Phi) is 10.7. The number of aliphatic hydroxyl groups excluding tert-OH is 3. The van der Waals surface area contributed by atoms with Crippen LogP contribution in [0.15, 0.2) is 79.4 Å². The lowest BCUT2D eigenvalue weighted by atomic mass is 9.91. The number of aromatic nitrogens is 6. The lowest BCUT2D eigenvalue weighted by molar-refractivity contribution is 0.00720. The van der Waals surface area contributed by atoms with Gasteiger partial charge in [-0.05, 0) is 43.2 Å². The normalized spacial score (nSPS) is 22.9. The molecule has 5 aromatic rings. The minimum atomic E-state index is -1.19. The van der Waals surface area contributed by atoms with Gasteiger partial charge < -0.3 is 40.7 Å². The molecule has 2 aliphatic rings. The second-order valence-corrected chi connectivity index (χ2v) is 14.2. The van der Waals surface area contributed by atoms with Crippen molar-refractivity contribution >= 4 is 28.9 Å². The van der Waals surface area contributed by atoms with E-state index >= 15 is 0 Å². The van der Waals surface area contributed by atoms with Crippen LogP contribution in [0.3, 0.4) is 0 Å². The van der Waals surface area contributed by atoms with Gasteiger partial charge in [-0.3, -0.25) is 9.48 Å². The maximum Gasteiger partial charge on any atom is 0.317 e. The van der Waals surface area contributed by atoms with E-state index in [1.165, 1.54) is 11.1 Å². The quantitative estimate of drug-likeness (QED) is 0.118. The fourth-order valence-corrected chi connectivity index (χ4v) is 7.48.